The highest BCUT2D eigenvalue weighted by Gasteiger charge is 2.27. The second kappa shape index (κ2) is 13.7. The van der Waals surface area contributed by atoms with Gasteiger partial charge < -0.3 is 24.2 Å². The smallest absolute Gasteiger partial charge is 0.253 e. The largest absolute Gasteiger partial charge is 0.491 e. The van der Waals surface area contributed by atoms with Gasteiger partial charge in [-0.2, -0.15) is 0 Å². The van der Waals surface area contributed by atoms with E-state index < -0.39 is 6.10 Å². The number of ether oxygens (including phenoxy) is 3. The fourth-order valence-corrected chi connectivity index (χ4v) is 4.50. The van der Waals surface area contributed by atoms with Crippen LogP contribution in [0, 0.1) is 5.82 Å². The fraction of sp³-hybridized carbons (Fsp3) is 0.519. The number of aliphatic hydroxyl groups excluding tert-OH is 1. The van der Waals surface area contributed by atoms with E-state index in [0.717, 1.165) is 32.8 Å². The van der Waals surface area contributed by atoms with Crippen LogP contribution in [-0.2, 0) is 9.47 Å². The van der Waals surface area contributed by atoms with Crippen molar-refractivity contribution in [3.05, 3.63) is 66.0 Å². The van der Waals surface area contributed by atoms with Crippen molar-refractivity contribution < 1.29 is 28.5 Å². The van der Waals surface area contributed by atoms with Crippen LogP contribution in [0.15, 0.2) is 54.6 Å². The minimum absolute atomic E-state index is 0.00249. The average Bonchev–Trinajstić information content (AvgIpc) is 2.91. The molecule has 2 fully saturated rings. The molecule has 36 heavy (non-hydrogen) atoms. The summed E-state index contributed by atoms with van der Waals surface area (Å²) in [4.78, 5) is 19.7. The Balaban J connectivity index is 1.30. The van der Waals surface area contributed by atoms with E-state index in [4.69, 9.17) is 14.2 Å². The Labute approximate surface area is 212 Å². The first-order valence-corrected chi connectivity index (χ1v) is 12.6. The van der Waals surface area contributed by atoms with Crippen molar-refractivity contribution in [2.75, 3.05) is 78.8 Å². The number of halogens is 1. The molecule has 4 rings (SSSR count). The molecule has 0 unspecified atom stereocenters. The van der Waals surface area contributed by atoms with Gasteiger partial charge >= 0.3 is 0 Å². The number of nitrogens with zero attached hydrogens (tertiary/aromatic N) is 3. The van der Waals surface area contributed by atoms with E-state index in [0.29, 0.717) is 50.6 Å². The molecule has 2 aromatic rings. The molecule has 2 atom stereocenters. The molecular formula is C27H36FN3O5. The van der Waals surface area contributed by atoms with Crippen molar-refractivity contribution in [3.8, 4) is 5.75 Å². The number of aliphatic hydroxyl groups is 1. The minimum Gasteiger partial charge on any atom is -0.491 e. The summed E-state index contributed by atoms with van der Waals surface area (Å²) in [7, 11) is 0. The summed E-state index contributed by atoms with van der Waals surface area (Å²) in [6, 6.07) is 15.1. The highest BCUT2D eigenvalue weighted by Crippen LogP contribution is 2.14. The van der Waals surface area contributed by atoms with Crippen molar-refractivity contribution in [1.29, 1.82) is 0 Å². The summed E-state index contributed by atoms with van der Waals surface area (Å²) in [5, 5.41) is 10.5. The highest BCUT2D eigenvalue weighted by atomic mass is 19.1. The SMILES string of the molecule is O=C(c1ccccc1)N(CCN1CCOCC1)C[C@@H]1CN(C[C@@H](O)COc2ccc(F)cc2)CCO1. The molecule has 8 nitrogen and oxygen atoms in total. The number of hydrogen-bond donors (Lipinski definition) is 1. The predicted octanol–water partition coefficient (Wildman–Crippen LogP) is 1.74. The number of amides is 1. The third-order valence-electron chi connectivity index (χ3n) is 6.47. The lowest BCUT2D eigenvalue weighted by atomic mass is 10.1. The van der Waals surface area contributed by atoms with Crippen LogP contribution in [-0.4, -0.2) is 117 Å². The van der Waals surface area contributed by atoms with Gasteiger partial charge in [-0.05, 0) is 36.4 Å². The normalized spacial score (nSPS) is 20.1. The van der Waals surface area contributed by atoms with Gasteiger partial charge in [-0.3, -0.25) is 14.6 Å². The summed E-state index contributed by atoms with van der Waals surface area (Å²) in [6.07, 6.45) is -0.849. The van der Waals surface area contributed by atoms with Crippen molar-refractivity contribution in [1.82, 2.24) is 14.7 Å². The van der Waals surface area contributed by atoms with Crippen LogP contribution in [0.2, 0.25) is 0 Å². The Bertz CT molecular complexity index is 927. The zero-order valence-electron chi connectivity index (χ0n) is 20.6. The van der Waals surface area contributed by atoms with E-state index >= 15 is 0 Å². The molecule has 2 heterocycles. The van der Waals surface area contributed by atoms with Crippen LogP contribution < -0.4 is 4.74 Å². The van der Waals surface area contributed by atoms with Gasteiger partial charge in [0.2, 0.25) is 0 Å². The molecule has 0 aliphatic carbocycles. The van der Waals surface area contributed by atoms with Gasteiger partial charge in [0.05, 0.1) is 25.9 Å². The number of carbonyl (C=O) groups excluding carboxylic acids is 1. The molecule has 0 radical (unpaired) electrons. The molecule has 2 saturated heterocycles. The minimum atomic E-state index is -0.697. The molecule has 2 aliphatic heterocycles. The summed E-state index contributed by atoms with van der Waals surface area (Å²) in [5.41, 5.74) is 0.667. The van der Waals surface area contributed by atoms with Crippen molar-refractivity contribution in [2.45, 2.75) is 12.2 Å². The zero-order valence-corrected chi connectivity index (χ0v) is 20.6. The van der Waals surface area contributed by atoms with Crippen LogP contribution in [0.4, 0.5) is 4.39 Å². The first-order valence-electron chi connectivity index (χ1n) is 12.6. The molecule has 0 saturated carbocycles. The summed E-state index contributed by atoms with van der Waals surface area (Å²) in [6.45, 7) is 7.48. The monoisotopic (exact) mass is 501 g/mol. The third kappa shape index (κ3) is 8.25. The standard InChI is InChI=1S/C27H36FN3O5/c28-23-6-8-25(9-7-23)36-21-24(32)18-30-14-17-35-26(19-30)20-31(11-10-29-12-15-34-16-13-29)27(33)22-4-2-1-3-5-22/h1-9,24,26,32H,10-21H2/t24-,26+/m1/s1. The highest BCUT2D eigenvalue weighted by molar-refractivity contribution is 5.94. The number of rotatable bonds is 11. The van der Waals surface area contributed by atoms with E-state index in [9.17, 15) is 14.3 Å². The van der Waals surface area contributed by atoms with E-state index in [1.165, 1.54) is 12.1 Å². The van der Waals surface area contributed by atoms with Gasteiger partial charge in [0.1, 0.15) is 24.3 Å². The lowest BCUT2D eigenvalue weighted by molar-refractivity contribution is -0.0545. The molecule has 1 N–H and O–H groups in total. The second-order valence-electron chi connectivity index (χ2n) is 9.24. The van der Waals surface area contributed by atoms with Gasteiger partial charge in [-0.25, -0.2) is 4.39 Å². The topological polar surface area (TPSA) is 74.7 Å². The van der Waals surface area contributed by atoms with E-state index in [1.54, 1.807) is 12.1 Å². The van der Waals surface area contributed by atoms with Crippen molar-refractivity contribution in [2.24, 2.45) is 0 Å². The van der Waals surface area contributed by atoms with Crippen LogP contribution in [0.5, 0.6) is 5.75 Å². The number of morpholine rings is 2. The Kier molecular flexibility index (Phi) is 10.1. The van der Waals surface area contributed by atoms with Gasteiger partial charge in [-0.1, -0.05) is 18.2 Å². The Hall–Kier alpha value is -2.56. The van der Waals surface area contributed by atoms with Crippen LogP contribution in [0.3, 0.4) is 0 Å². The molecule has 1 amide bonds. The quantitative estimate of drug-likeness (QED) is 0.503. The van der Waals surface area contributed by atoms with Crippen LogP contribution in [0.1, 0.15) is 10.4 Å². The zero-order chi connectivity index (χ0) is 25.2. The molecule has 0 spiro atoms. The average molecular weight is 502 g/mol. The molecule has 9 heteroatoms. The Morgan fingerprint density at radius 1 is 1.06 bits per heavy atom. The third-order valence-corrected chi connectivity index (χ3v) is 6.47. The van der Waals surface area contributed by atoms with Gasteiger partial charge in [0.25, 0.3) is 5.91 Å². The first-order chi connectivity index (χ1) is 17.6. The second-order valence-corrected chi connectivity index (χ2v) is 9.24. The lowest BCUT2D eigenvalue weighted by Gasteiger charge is -2.37. The Morgan fingerprint density at radius 2 is 1.78 bits per heavy atom. The lowest BCUT2D eigenvalue weighted by Crippen LogP contribution is -2.52. The van der Waals surface area contributed by atoms with Crippen molar-refractivity contribution in [3.63, 3.8) is 0 Å². The molecule has 0 aromatic heterocycles. The van der Waals surface area contributed by atoms with Gasteiger partial charge in [0.15, 0.2) is 0 Å². The number of β-amino-alcohol motifs (C(OH)–C–C–N with tert-alkyl or cyclic N) is 1. The van der Waals surface area contributed by atoms with E-state index in [1.807, 2.05) is 35.2 Å². The number of hydrogen-bond acceptors (Lipinski definition) is 7. The molecule has 2 aromatic carbocycles. The summed E-state index contributed by atoms with van der Waals surface area (Å²) < 4.78 is 30.1. The molecule has 0 bridgehead atoms. The molecular weight excluding hydrogens is 465 g/mol. The first kappa shape index (κ1) is 26.5. The Morgan fingerprint density at radius 3 is 2.53 bits per heavy atom. The number of carbonyl (C=O) groups is 1. The van der Waals surface area contributed by atoms with Crippen molar-refractivity contribution >= 4 is 5.91 Å². The number of benzene rings is 2. The van der Waals surface area contributed by atoms with Gasteiger partial charge in [0, 0.05) is 57.9 Å². The van der Waals surface area contributed by atoms with Gasteiger partial charge in [-0.15, -0.1) is 0 Å². The molecule has 2 aliphatic rings. The predicted molar refractivity (Wildman–Crippen MR) is 134 cm³/mol. The van der Waals surface area contributed by atoms with Crippen LogP contribution >= 0.6 is 0 Å². The van der Waals surface area contributed by atoms with E-state index in [2.05, 4.69) is 9.80 Å². The maximum absolute atomic E-state index is 13.3. The maximum atomic E-state index is 13.3. The summed E-state index contributed by atoms with van der Waals surface area (Å²) >= 11 is 0. The fourth-order valence-electron chi connectivity index (χ4n) is 4.50. The maximum Gasteiger partial charge on any atom is 0.253 e. The van der Waals surface area contributed by atoms with E-state index in [-0.39, 0.29) is 24.4 Å². The molecule has 196 valence electrons. The van der Waals surface area contributed by atoms with Crippen LogP contribution in [0.25, 0.3) is 0 Å². The summed E-state index contributed by atoms with van der Waals surface area (Å²) in [5.74, 6) is 0.190.